The van der Waals surface area contributed by atoms with Gasteiger partial charge in [0.2, 0.25) is 5.91 Å². The number of thiol groups is 1. The maximum atomic E-state index is 12.4. The lowest BCUT2D eigenvalue weighted by atomic mass is 10.0. The van der Waals surface area contributed by atoms with Gasteiger partial charge in [0.25, 0.3) is 17.7 Å². The van der Waals surface area contributed by atoms with Gasteiger partial charge in [-0.1, -0.05) is 24.4 Å². The maximum Gasteiger partial charge on any atom is 0.262 e. The van der Waals surface area contributed by atoms with Gasteiger partial charge in [-0.3, -0.25) is 24.1 Å². The molecule has 1 unspecified atom stereocenters. The molecule has 0 aliphatic carbocycles. The highest BCUT2D eigenvalue weighted by Crippen LogP contribution is 2.29. The Bertz CT molecular complexity index is 711. The first-order valence-electron chi connectivity index (χ1n) is 6.50. The molecule has 1 aromatic rings. The summed E-state index contributed by atoms with van der Waals surface area (Å²) in [5, 5.41) is 0. The first-order valence-corrected chi connectivity index (χ1v) is 7.35. The number of imide groups is 2. The summed E-state index contributed by atoms with van der Waals surface area (Å²) in [6.07, 6.45) is 0.112. The fourth-order valence-electron chi connectivity index (χ4n) is 2.70. The van der Waals surface area contributed by atoms with Crippen LogP contribution in [0.3, 0.4) is 0 Å². The van der Waals surface area contributed by atoms with Crippen LogP contribution in [-0.2, 0) is 9.59 Å². The largest absolute Gasteiger partial charge is 0.274 e. The molecule has 0 bridgehead atoms. The summed E-state index contributed by atoms with van der Waals surface area (Å²) in [5.41, 5.74) is 0.523. The Balaban J connectivity index is 1.97. The Morgan fingerprint density at radius 2 is 1.64 bits per heavy atom. The topological polar surface area (TPSA) is 74.8 Å². The number of carbonyl (C=O) groups is 4. The standard InChI is InChI=1S/C14H10N2O4S2/c17-10-6-5-9(13(20)16(10)14(21)22)15-11(18)7-3-1-2-4-8(7)12(15)19/h1-4,9H,5-6H2,(H,21,22). The van der Waals surface area contributed by atoms with Crippen LogP contribution in [0.5, 0.6) is 0 Å². The predicted molar refractivity (Wildman–Crippen MR) is 83.4 cm³/mol. The van der Waals surface area contributed by atoms with Crippen LogP contribution in [-0.4, -0.2) is 43.8 Å². The van der Waals surface area contributed by atoms with E-state index in [2.05, 4.69) is 12.6 Å². The highest BCUT2D eigenvalue weighted by Gasteiger charge is 2.47. The molecule has 0 saturated carbocycles. The van der Waals surface area contributed by atoms with Gasteiger partial charge in [-0.05, 0) is 18.6 Å². The van der Waals surface area contributed by atoms with E-state index in [1.807, 2.05) is 0 Å². The number of carbonyl (C=O) groups excluding carboxylic acids is 4. The molecule has 1 atom stereocenters. The number of hydrogen-bond acceptors (Lipinski definition) is 5. The molecule has 0 radical (unpaired) electrons. The van der Waals surface area contributed by atoms with E-state index in [1.54, 1.807) is 12.1 Å². The van der Waals surface area contributed by atoms with Crippen molar-refractivity contribution in [2.24, 2.45) is 0 Å². The van der Waals surface area contributed by atoms with Crippen LogP contribution in [0.4, 0.5) is 0 Å². The van der Waals surface area contributed by atoms with Gasteiger partial charge >= 0.3 is 0 Å². The molecule has 8 heteroatoms. The molecule has 3 rings (SSSR count). The van der Waals surface area contributed by atoms with Gasteiger partial charge in [0.05, 0.1) is 11.1 Å². The van der Waals surface area contributed by atoms with Crippen molar-refractivity contribution in [2.45, 2.75) is 18.9 Å². The third-order valence-electron chi connectivity index (χ3n) is 3.71. The van der Waals surface area contributed by atoms with Gasteiger partial charge in [0.1, 0.15) is 10.4 Å². The zero-order valence-electron chi connectivity index (χ0n) is 11.2. The number of amides is 4. The summed E-state index contributed by atoms with van der Waals surface area (Å²) in [5.74, 6) is -2.22. The van der Waals surface area contributed by atoms with E-state index < -0.39 is 29.7 Å². The molecule has 0 N–H and O–H groups in total. The molecule has 6 nitrogen and oxygen atoms in total. The third kappa shape index (κ3) is 2.06. The number of benzene rings is 1. The molecule has 2 aliphatic heterocycles. The average molecular weight is 334 g/mol. The molecule has 0 aromatic heterocycles. The zero-order valence-corrected chi connectivity index (χ0v) is 12.9. The molecule has 0 spiro atoms. The fraction of sp³-hybridized carbons (Fsp3) is 0.214. The van der Waals surface area contributed by atoms with Gasteiger partial charge in [-0.15, -0.1) is 12.6 Å². The Labute approximate surface area is 136 Å². The molecular weight excluding hydrogens is 324 g/mol. The molecule has 2 heterocycles. The van der Waals surface area contributed by atoms with Crippen LogP contribution in [0.25, 0.3) is 0 Å². The van der Waals surface area contributed by atoms with E-state index in [4.69, 9.17) is 12.2 Å². The Kier molecular flexibility index (Phi) is 3.57. The molecule has 1 saturated heterocycles. The number of fused-ring (bicyclic) bond motifs is 1. The van der Waals surface area contributed by atoms with Crippen LogP contribution in [0.2, 0.25) is 0 Å². The lowest BCUT2D eigenvalue weighted by molar-refractivity contribution is -0.145. The quantitative estimate of drug-likeness (QED) is 0.471. The molecule has 1 aromatic carbocycles. The van der Waals surface area contributed by atoms with Crippen molar-refractivity contribution in [1.29, 1.82) is 0 Å². The Morgan fingerprint density at radius 1 is 1.09 bits per heavy atom. The van der Waals surface area contributed by atoms with Crippen LogP contribution < -0.4 is 0 Å². The summed E-state index contributed by atoms with van der Waals surface area (Å²) >= 11 is 8.65. The van der Waals surface area contributed by atoms with E-state index in [0.717, 1.165) is 9.80 Å². The molecular formula is C14H10N2O4S2. The maximum absolute atomic E-state index is 12.4. The molecule has 22 heavy (non-hydrogen) atoms. The normalized spacial score (nSPS) is 21.4. The predicted octanol–water partition coefficient (Wildman–Crippen LogP) is 1.01. The molecule has 4 amide bonds. The summed E-state index contributed by atoms with van der Waals surface area (Å²) in [4.78, 5) is 50.7. The number of nitrogens with zero attached hydrogens (tertiary/aromatic N) is 2. The molecule has 1 fully saturated rings. The van der Waals surface area contributed by atoms with E-state index in [9.17, 15) is 19.2 Å². The van der Waals surface area contributed by atoms with Gasteiger partial charge in [0.15, 0.2) is 0 Å². The van der Waals surface area contributed by atoms with Crippen LogP contribution in [0, 0.1) is 0 Å². The van der Waals surface area contributed by atoms with Gasteiger partial charge in [-0.2, -0.15) is 0 Å². The van der Waals surface area contributed by atoms with E-state index in [1.165, 1.54) is 12.1 Å². The second kappa shape index (κ2) is 5.29. The van der Waals surface area contributed by atoms with Crippen molar-refractivity contribution in [3.8, 4) is 0 Å². The zero-order chi connectivity index (χ0) is 16.0. The second-order valence-corrected chi connectivity index (χ2v) is 6.04. The summed E-state index contributed by atoms with van der Waals surface area (Å²) in [7, 11) is 0. The summed E-state index contributed by atoms with van der Waals surface area (Å²) in [6, 6.07) is 5.34. The van der Waals surface area contributed by atoms with Crippen molar-refractivity contribution in [3.05, 3.63) is 35.4 Å². The van der Waals surface area contributed by atoms with Gasteiger partial charge in [0, 0.05) is 6.42 Å². The number of rotatable bonds is 1. The third-order valence-corrected chi connectivity index (χ3v) is 4.10. The molecule has 2 aliphatic rings. The fourth-order valence-corrected chi connectivity index (χ4v) is 3.10. The average Bonchev–Trinajstić information content (AvgIpc) is 2.72. The first-order chi connectivity index (χ1) is 10.4. The van der Waals surface area contributed by atoms with Crippen molar-refractivity contribution >= 4 is 52.8 Å². The monoisotopic (exact) mass is 334 g/mol. The minimum Gasteiger partial charge on any atom is -0.274 e. The van der Waals surface area contributed by atoms with Crippen LogP contribution in [0.1, 0.15) is 33.6 Å². The Hall–Kier alpha value is -2.06. The van der Waals surface area contributed by atoms with Crippen molar-refractivity contribution in [3.63, 3.8) is 0 Å². The van der Waals surface area contributed by atoms with Crippen molar-refractivity contribution in [1.82, 2.24) is 9.80 Å². The first kappa shape index (κ1) is 14.9. The lowest BCUT2D eigenvalue weighted by Gasteiger charge is -2.33. The highest BCUT2D eigenvalue weighted by molar-refractivity contribution is 8.11. The van der Waals surface area contributed by atoms with Crippen LogP contribution >= 0.6 is 24.8 Å². The minimum absolute atomic E-state index is 0.0184. The smallest absolute Gasteiger partial charge is 0.262 e. The SMILES string of the molecule is O=C1CCC(N2C(=O)c3ccccc3C2=O)C(=O)N1C(=S)S. The van der Waals surface area contributed by atoms with Crippen molar-refractivity contribution < 1.29 is 19.2 Å². The van der Waals surface area contributed by atoms with Gasteiger partial charge in [-0.25, -0.2) is 4.90 Å². The number of likely N-dealkylation sites (tertiary alicyclic amines) is 1. The number of piperidine rings is 1. The lowest BCUT2D eigenvalue weighted by Crippen LogP contribution is -2.56. The summed E-state index contributed by atoms with van der Waals surface area (Å²) < 4.78 is -0.184. The van der Waals surface area contributed by atoms with Crippen LogP contribution in [0.15, 0.2) is 24.3 Å². The van der Waals surface area contributed by atoms with Crippen molar-refractivity contribution in [2.75, 3.05) is 0 Å². The minimum atomic E-state index is -1.03. The number of thiocarbonyl (C=S) groups is 1. The van der Waals surface area contributed by atoms with E-state index in [0.29, 0.717) is 0 Å². The Morgan fingerprint density at radius 3 is 2.14 bits per heavy atom. The second-order valence-electron chi connectivity index (χ2n) is 4.93. The molecule has 112 valence electrons. The van der Waals surface area contributed by atoms with Gasteiger partial charge < -0.3 is 0 Å². The van der Waals surface area contributed by atoms with E-state index in [-0.39, 0.29) is 28.3 Å². The van der Waals surface area contributed by atoms with E-state index >= 15 is 0 Å². The highest BCUT2D eigenvalue weighted by atomic mass is 32.1. The number of hydrogen-bond donors (Lipinski definition) is 1. The summed E-state index contributed by atoms with van der Waals surface area (Å²) in [6.45, 7) is 0.